The Morgan fingerprint density at radius 2 is 2.00 bits per heavy atom. The molecule has 1 fully saturated rings. The van der Waals surface area contributed by atoms with E-state index in [2.05, 4.69) is 68.6 Å². The number of nitrogens with zero attached hydrogens (tertiary/aromatic N) is 1. The smallest absolute Gasteiger partial charge is 0.123 e. The number of hydrogen-bond donors (Lipinski definition) is 2. The molecule has 1 aliphatic heterocycles. The highest BCUT2D eigenvalue weighted by atomic mass is 79.9. The summed E-state index contributed by atoms with van der Waals surface area (Å²) in [5.74, 6) is 1.08. The lowest BCUT2D eigenvalue weighted by molar-refractivity contribution is 0.635. The third kappa shape index (κ3) is 2.83. The first-order chi connectivity index (χ1) is 9.03. The van der Waals surface area contributed by atoms with Gasteiger partial charge in [-0.2, -0.15) is 0 Å². The minimum absolute atomic E-state index is 0.408. The predicted octanol–water partition coefficient (Wildman–Crippen LogP) is 3.73. The molecule has 2 heterocycles. The molecule has 2 N–H and O–H groups in total. The van der Waals surface area contributed by atoms with Crippen molar-refractivity contribution in [3.05, 3.63) is 40.8 Å². The maximum absolute atomic E-state index is 4.56. The van der Waals surface area contributed by atoms with Crippen LogP contribution < -0.4 is 5.32 Å². The minimum Gasteiger partial charge on any atom is -0.341 e. The highest BCUT2D eigenvalue weighted by Crippen LogP contribution is 2.29. The lowest BCUT2D eigenvalue weighted by Crippen LogP contribution is -2.28. The van der Waals surface area contributed by atoms with Crippen LogP contribution in [-0.4, -0.2) is 24.2 Å². The summed E-state index contributed by atoms with van der Waals surface area (Å²) in [5, 5.41) is 3.60. The maximum Gasteiger partial charge on any atom is 0.123 e. The number of aromatic amines is 1. The number of H-pyrrole nitrogens is 1. The Bertz CT molecular complexity index is 577. The molecule has 19 heavy (non-hydrogen) atoms. The lowest BCUT2D eigenvalue weighted by Gasteiger charge is -2.11. The quantitative estimate of drug-likeness (QED) is 0.821. The van der Waals surface area contributed by atoms with Crippen LogP contribution >= 0.6 is 15.9 Å². The number of benzene rings is 1. The van der Waals surface area contributed by atoms with Gasteiger partial charge in [0, 0.05) is 4.47 Å². The molecule has 100 valence electrons. The van der Waals surface area contributed by atoms with Crippen LogP contribution in [0.1, 0.15) is 11.9 Å². The Balaban J connectivity index is 1.82. The summed E-state index contributed by atoms with van der Waals surface area (Å²) in [6.45, 7) is 4.86. The molecule has 1 aromatic carbocycles. The van der Waals surface area contributed by atoms with Gasteiger partial charge in [-0.15, -0.1) is 0 Å². The molecular formula is C14H18BrN3Si. The average Bonchev–Trinajstić information content (AvgIpc) is 2.96. The normalized spacial score (nSPS) is 21.7. The summed E-state index contributed by atoms with van der Waals surface area (Å²) in [6, 6.07) is 9.98. The third-order valence-electron chi connectivity index (χ3n) is 3.66. The zero-order valence-corrected chi connectivity index (χ0v) is 13.8. The van der Waals surface area contributed by atoms with E-state index in [1.807, 2.05) is 6.20 Å². The van der Waals surface area contributed by atoms with Gasteiger partial charge in [-0.3, -0.25) is 0 Å². The molecule has 0 amide bonds. The molecule has 1 unspecified atom stereocenters. The van der Waals surface area contributed by atoms with Crippen molar-refractivity contribution in [2.75, 3.05) is 6.17 Å². The number of halogens is 1. The fourth-order valence-electron chi connectivity index (χ4n) is 2.58. The first-order valence-corrected chi connectivity index (χ1v) is 10.8. The number of hydrogen-bond acceptors (Lipinski definition) is 2. The van der Waals surface area contributed by atoms with Gasteiger partial charge in [0.1, 0.15) is 5.82 Å². The van der Waals surface area contributed by atoms with Gasteiger partial charge in [0.25, 0.3) is 0 Å². The molecule has 1 aromatic heterocycles. The van der Waals surface area contributed by atoms with Crippen molar-refractivity contribution in [2.24, 2.45) is 0 Å². The molecule has 5 heteroatoms. The summed E-state index contributed by atoms with van der Waals surface area (Å²) in [4.78, 5) is 8.02. The predicted molar refractivity (Wildman–Crippen MR) is 84.8 cm³/mol. The zero-order chi connectivity index (χ0) is 13.5. The van der Waals surface area contributed by atoms with Crippen LogP contribution in [0.5, 0.6) is 0 Å². The van der Waals surface area contributed by atoms with E-state index in [0.717, 1.165) is 16.0 Å². The summed E-state index contributed by atoms with van der Waals surface area (Å²) in [7, 11) is -1.04. The first kappa shape index (κ1) is 13.1. The molecule has 1 atom stereocenters. The molecular weight excluding hydrogens is 318 g/mol. The largest absolute Gasteiger partial charge is 0.341 e. The van der Waals surface area contributed by atoms with E-state index in [1.165, 1.54) is 17.8 Å². The Kier molecular flexibility index (Phi) is 3.36. The van der Waals surface area contributed by atoms with E-state index in [1.54, 1.807) is 0 Å². The Labute approximate surface area is 123 Å². The van der Waals surface area contributed by atoms with Crippen LogP contribution in [0.25, 0.3) is 11.3 Å². The minimum atomic E-state index is -1.04. The van der Waals surface area contributed by atoms with E-state index in [9.17, 15) is 0 Å². The Hall–Kier alpha value is -0.913. The van der Waals surface area contributed by atoms with Gasteiger partial charge in [0.15, 0.2) is 0 Å². The van der Waals surface area contributed by atoms with Gasteiger partial charge < -0.3 is 10.3 Å². The molecule has 1 saturated heterocycles. The second-order valence-corrected chi connectivity index (χ2v) is 12.0. The zero-order valence-electron chi connectivity index (χ0n) is 11.2. The van der Waals surface area contributed by atoms with Crippen LogP contribution in [0.15, 0.2) is 34.9 Å². The topological polar surface area (TPSA) is 40.7 Å². The van der Waals surface area contributed by atoms with Crippen molar-refractivity contribution in [2.45, 2.75) is 25.2 Å². The van der Waals surface area contributed by atoms with Crippen molar-refractivity contribution in [1.82, 2.24) is 15.3 Å². The SMILES string of the molecule is C[Si]1(C)CNC(c2ncc(-c3ccc(Br)cc3)[nH]2)C1. The van der Waals surface area contributed by atoms with Gasteiger partial charge in [-0.05, 0) is 29.9 Å². The maximum atomic E-state index is 4.56. The van der Waals surface area contributed by atoms with Gasteiger partial charge in [0.05, 0.1) is 26.0 Å². The average molecular weight is 336 g/mol. The molecule has 2 aromatic rings. The van der Waals surface area contributed by atoms with Crippen LogP contribution in [0.4, 0.5) is 0 Å². The number of imidazole rings is 1. The van der Waals surface area contributed by atoms with Crippen molar-refractivity contribution >= 4 is 24.0 Å². The summed E-state index contributed by atoms with van der Waals surface area (Å²) < 4.78 is 1.10. The molecule has 0 spiro atoms. The molecule has 0 aliphatic carbocycles. The molecule has 0 radical (unpaired) electrons. The van der Waals surface area contributed by atoms with E-state index in [-0.39, 0.29) is 0 Å². The van der Waals surface area contributed by atoms with Gasteiger partial charge >= 0.3 is 0 Å². The molecule has 3 rings (SSSR count). The Morgan fingerprint density at radius 1 is 1.26 bits per heavy atom. The molecule has 0 saturated carbocycles. The standard InChI is InChI=1S/C14H18BrN3Si/c1-19(2)8-13(17-9-19)14-16-7-12(18-14)10-3-5-11(15)6-4-10/h3-7,13,17H,8-9H2,1-2H3,(H,16,18). The van der Waals surface area contributed by atoms with Crippen LogP contribution in [0.2, 0.25) is 19.1 Å². The molecule has 1 aliphatic rings. The molecule has 0 bridgehead atoms. The third-order valence-corrected chi connectivity index (χ3v) is 6.87. The monoisotopic (exact) mass is 335 g/mol. The number of nitrogens with one attached hydrogen (secondary N) is 2. The lowest BCUT2D eigenvalue weighted by atomic mass is 10.2. The van der Waals surface area contributed by atoms with E-state index in [0.29, 0.717) is 6.04 Å². The fraction of sp³-hybridized carbons (Fsp3) is 0.357. The second kappa shape index (κ2) is 4.88. The highest BCUT2D eigenvalue weighted by molar-refractivity contribution is 9.10. The van der Waals surface area contributed by atoms with Crippen LogP contribution in [0.3, 0.4) is 0 Å². The summed E-state index contributed by atoms with van der Waals surface area (Å²) >= 11 is 3.46. The van der Waals surface area contributed by atoms with Gasteiger partial charge in [-0.25, -0.2) is 4.98 Å². The number of aromatic nitrogens is 2. The summed E-state index contributed by atoms with van der Waals surface area (Å²) in [5.41, 5.74) is 2.27. The van der Waals surface area contributed by atoms with Crippen molar-refractivity contribution in [1.29, 1.82) is 0 Å². The van der Waals surface area contributed by atoms with Crippen molar-refractivity contribution in [3.8, 4) is 11.3 Å². The Morgan fingerprint density at radius 3 is 2.63 bits per heavy atom. The van der Waals surface area contributed by atoms with Crippen LogP contribution in [-0.2, 0) is 0 Å². The van der Waals surface area contributed by atoms with Gasteiger partial charge in [-0.1, -0.05) is 41.2 Å². The van der Waals surface area contributed by atoms with E-state index in [4.69, 9.17) is 0 Å². The van der Waals surface area contributed by atoms with Crippen LogP contribution in [0, 0.1) is 0 Å². The van der Waals surface area contributed by atoms with Crippen molar-refractivity contribution in [3.63, 3.8) is 0 Å². The van der Waals surface area contributed by atoms with Crippen molar-refractivity contribution < 1.29 is 0 Å². The number of rotatable bonds is 2. The summed E-state index contributed by atoms with van der Waals surface area (Å²) in [6.07, 6.45) is 3.12. The van der Waals surface area contributed by atoms with Gasteiger partial charge in [0.2, 0.25) is 0 Å². The van der Waals surface area contributed by atoms with E-state index >= 15 is 0 Å². The second-order valence-electron chi connectivity index (χ2n) is 5.99. The fourth-order valence-corrected chi connectivity index (χ4v) is 5.23. The molecule has 3 nitrogen and oxygen atoms in total. The van der Waals surface area contributed by atoms with E-state index < -0.39 is 8.07 Å². The first-order valence-electron chi connectivity index (χ1n) is 6.58. The highest BCUT2D eigenvalue weighted by Gasteiger charge is 2.34.